The van der Waals surface area contributed by atoms with E-state index in [0.29, 0.717) is 17.8 Å². The molecule has 1 aliphatic rings. The number of carbonyl (C=O) groups excluding carboxylic acids is 1. The van der Waals surface area contributed by atoms with E-state index in [1.165, 1.54) is 19.3 Å². The lowest BCUT2D eigenvalue weighted by atomic mass is 9.90. The van der Waals surface area contributed by atoms with Crippen molar-refractivity contribution in [3.8, 4) is 0 Å². The highest BCUT2D eigenvalue weighted by Crippen LogP contribution is 2.22. The minimum absolute atomic E-state index is 0. The molecule has 1 amide bonds. The molecule has 1 saturated heterocycles. The molecule has 0 aromatic carbocycles. The first-order valence-corrected chi connectivity index (χ1v) is 9.02. The first kappa shape index (κ1) is 23.5. The number of aliphatic imine (C=N–C) groups is 1. The van der Waals surface area contributed by atoms with Crippen molar-refractivity contribution in [1.82, 2.24) is 15.5 Å². The topological polar surface area (TPSA) is 56.7 Å². The summed E-state index contributed by atoms with van der Waals surface area (Å²) in [7, 11) is 3.57. The SMILES string of the molecule is CN=C(NCCCCC(C)(C)C)N1CCC(CC(=O)NC)CC1.I. The summed E-state index contributed by atoms with van der Waals surface area (Å²) in [5, 5.41) is 6.21. The number of carbonyl (C=O) groups is 1. The van der Waals surface area contributed by atoms with Gasteiger partial charge in [-0.15, -0.1) is 24.0 Å². The Morgan fingerprint density at radius 1 is 1.21 bits per heavy atom. The number of guanidine groups is 1. The molecule has 0 spiro atoms. The molecular formula is C18H37IN4O. The van der Waals surface area contributed by atoms with Crippen molar-refractivity contribution >= 4 is 35.8 Å². The number of rotatable bonds is 6. The summed E-state index contributed by atoms with van der Waals surface area (Å²) in [6.07, 6.45) is 6.49. The predicted octanol–water partition coefficient (Wildman–Crippen LogP) is 3.24. The van der Waals surface area contributed by atoms with Crippen LogP contribution in [0.5, 0.6) is 0 Å². The highest BCUT2D eigenvalue weighted by atomic mass is 127. The fourth-order valence-corrected chi connectivity index (χ4v) is 3.03. The van der Waals surface area contributed by atoms with Crippen LogP contribution in [0, 0.1) is 11.3 Å². The molecule has 0 aromatic heterocycles. The van der Waals surface area contributed by atoms with Crippen LogP contribution in [0.3, 0.4) is 0 Å². The molecule has 0 radical (unpaired) electrons. The maximum Gasteiger partial charge on any atom is 0.220 e. The number of hydrogen-bond acceptors (Lipinski definition) is 2. The van der Waals surface area contributed by atoms with E-state index in [2.05, 4.69) is 41.3 Å². The van der Waals surface area contributed by atoms with E-state index < -0.39 is 0 Å². The normalized spacial score (nSPS) is 16.5. The molecule has 0 bridgehead atoms. The van der Waals surface area contributed by atoms with Crippen LogP contribution in [0.2, 0.25) is 0 Å². The van der Waals surface area contributed by atoms with Crippen molar-refractivity contribution in [1.29, 1.82) is 0 Å². The van der Waals surface area contributed by atoms with Crippen LogP contribution in [-0.2, 0) is 4.79 Å². The fourth-order valence-electron chi connectivity index (χ4n) is 3.03. The molecule has 5 nitrogen and oxygen atoms in total. The fraction of sp³-hybridized carbons (Fsp3) is 0.889. The second-order valence-corrected chi connectivity index (χ2v) is 7.80. The summed E-state index contributed by atoms with van der Waals surface area (Å²) in [4.78, 5) is 18.2. The number of likely N-dealkylation sites (tertiary alicyclic amines) is 1. The zero-order chi connectivity index (χ0) is 17.3. The van der Waals surface area contributed by atoms with E-state index in [1.54, 1.807) is 7.05 Å². The van der Waals surface area contributed by atoms with Crippen LogP contribution in [0.4, 0.5) is 0 Å². The Morgan fingerprint density at radius 3 is 2.33 bits per heavy atom. The van der Waals surface area contributed by atoms with Gasteiger partial charge in [0.15, 0.2) is 5.96 Å². The molecule has 0 aliphatic carbocycles. The van der Waals surface area contributed by atoms with Crippen molar-refractivity contribution in [3.63, 3.8) is 0 Å². The van der Waals surface area contributed by atoms with Gasteiger partial charge in [0.05, 0.1) is 0 Å². The molecule has 0 saturated carbocycles. The average Bonchev–Trinajstić information content (AvgIpc) is 2.50. The van der Waals surface area contributed by atoms with E-state index in [0.717, 1.165) is 38.4 Å². The Morgan fingerprint density at radius 2 is 1.83 bits per heavy atom. The minimum Gasteiger partial charge on any atom is -0.359 e. The number of unbranched alkanes of at least 4 members (excludes halogenated alkanes) is 1. The number of amides is 1. The Balaban J connectivity index is 0.00000529. The van der Waals surface area contributed by atoms with E-state index in [4.69, 9.17) is 0 Å². The number of hydrogen-bond donors (Lipinski definition) is 2. The molecule has 1 heterocycles. The Bertz CT molecular complexity index is 385. The predicted molar refractivity (Wildman–Crippen MR) is 113 cm³/mol. The number of nitrogens with zero attached hydrogens (tertiary/aromatic N) is 2. The maximum atomic E-state index is 11.5. The smallest absolute Gasteiger partial charge is 0.220 e. The standard InChI is InChI=1S/C18H36N4O.HI/c1-18(2,3)10-6-7-11-21-17(20-5)22-12-8-15(9-13-22)14-16(23)19-4;/h15H,6-14H2,1-5H3,(H,19,23)(H,20,21);1H. The van der Waals surface area contributed by atoms with Crippen LogP contribution in [0.1, 0.15) is 59.3 Å². The van der Waals surface area contributed by atoms with Crippen LogP contribution >= 0.6 is 24.0 Å². The van der Waals surface area contributed by atoms with Gasteiger partial charge < -0.3 is 15.5 Å². The van der Waals surface area contributed by atoms with Gasteiger partial charge in [-0.1, -0.05) is 27.2 Å². The highest BCUT2D eigenvalue weighted by Gasteiger charge is 2.22. The molecule has 1 rings (SSSR count). The second kappa shape index (κ2) is 11.9. The lowest BCUT2D eigenvalue weighted by molar-refractivity contribution is -0.121. The number of piperidine rings is 1. The van der Waals surface area contributed by atoms with Gasteiger partial charge in [-0.3, -0.25) is 9.79 Å². The van der Waals surface area contributed by atoms with E-state index in [1.807, 2.05) is 7.05 Å². The first-order chi connectivity index (χ1) is 10.9. The second-order valence-electron chi connectivity index (χ2n) is 7.80. The third kappa shape index (κ3) is 9.69. The molecule has 1 aliphatic heterocycles. The van der Waals surface area contributed by atoms with E-state index in [-0.39, 0.29) is 29.9 Å². The average molecular weight is 452 g/mol. The molecular weight excluding hydrogens is 415 g/mol. The Kier molecular flexibility index (Phi) is 11.7. The van der Waals surface area contributed by atoms with Crippen LogP contribution in [0.25, 0.3) is 0 Å². The van der Waals surface area contributed by atoms with Crippen LogP contribution < -0.4 is 10.6 Å². The van der Waals surface area contributed by atoms with Gasteiger partial charge in [0.2, 0.25) is 5.91 Å². The molecule has 0 unspecified atom stereocenters. The molecule has 24 heavy (non-hydrogen) atoms. The van der Waals surface area contributed by atoms with Crippen LogP contribution in [-0.4, -0.2) is 50.5 Å². The first-order valence-electron chi connectivity index (χ1n) is 9.02. The molecule has 1 fully saturated rings. The molecule has 0 aromatic rings. The van der Waals surface area contributed by atoms with Crippen LogP contribution in [0.15, 0.2) is 4.99 Å². The molecule has 6 heteroatoms. The number of nitrogens with one attached hydrogen (secondary N) is 2. The maximum absolute atomic E-state index is 11.5. The Hall–Kier alpha value is -0.530. The van der Waals surface area contributed by atoms with Crippen molar-refractivity contribution < 1.29 is 4.79 Å². The summed E-state index contributed by atoms with van der Waals surface area (Å²) in [5.74, 6) is 1.68. The summed E-state index contributed by atoms with van der Waals surface area (Å²) in [6.45, 7) is 9.85. The summed E-state index contributed by atoms with van der Waals surface area (Å²) in [6, 6.07) is 0. The third-order valence-corrected chi connectivity index (χ3v) is 4.52. The monoisotopic (exact) mass is 452 g/mol. The van der Waals surface area contributed by atoms with Gasteiger partial charge in [-0.05, 0) is 37.0 Å². The lowest BCUT2D eigenvalue weighted by Gasteiger charge is -2.34. The summed E-state index contributed by atoms with van der Waals surface area (Å²) >= 11 is 0. The summed E-state index contributed by atoms with van der Waals surface area (Å²) < 4.78 is 0. The quantitative estimate of drug-likeness (QED) is 0.282. The van der Waals surface area contributed by atoms with Gasteiger partial charge in [-0.25, -0.2) is 0 Å². The zero-order valence-electron chi connectivity index (χ0n) is 16.2. The minimum atomic E-state index is 0. The highest BCUT2D eigenvalue weighted by molar-refractivity contribution is 14.0. The largest absolute Gasteiger partial charge is 0.359 e. The van der Waals surface area contributed by atoms with E-state index >= 15 is 0 Å². The van der Waals surface area contributed by atoms with Crippen molar-refractivity contribution in [2.24, 2.45) is 16.3 Å². The molecule has 0 atom stereocenters. The van der Waals surface area contributed by atoms with Gasteiger partial charge >= 0.3 is 0 Å². The van der Waals surface area contributed by atoms with Gasteiger partial charge in [0, 0.05) is 40.2 Å². The van der Waals surface area contributed by atoms with Crippen molar-refractivity contribution in [2.45, 2.75) is 59.3 Å². The van der Waals surface area contributed by atoms with Gasteiger partial charge in [0.25, 0.3) is 0 Å². The Labute approximate surface area is 165 Å². The van der Waals surface area contributed by atoms with Gasteiger partial charge in [0.1, 0.15) is 0 Å². The van der Waals surface area contributed by atoms with Gasteiger partial charge in [-0.2, -0.15) is 0 Å². The zero-order valence-corrected chi connectivity index (χ0v) is 18.5. The van der Waals surface area contributed by atoms with Crippen molar-refractivity contribution in [3.05, 3.63) is 0 Å². The molecule has 142 valence electrons. The lowest BCUT2D eigenvalue weighted by Crippen LogP contribution is -2.46. The van der Waals surface area contributed by atoms with E-state index in [9.17, 15) is 4.79 Å². The number of halogens is 1. The third-order valence-electron chi connectivity index (χ3n) is 4.52. The summed E-state index contributed by atoms with van der Waals surface area (Å²) in [5.41, 5.74) is 0.425. The van der Waals surface area contributed by atoms with Crippen molar-refractivity contribution in [2.75, 3.05) is 33.7 Å². The molecule has 2 N–H and O–H groups in total.